The van der Waals surface area contributed by atoms with E-state index in [-0.39, 0.29) is 11.5 Å². The molecule has 1 aliphatic heterocycles. The number of nitrogens with two attached hydrogens (primary N) is 1. The summed E-state index contributed by atoms with van der Waals surface area (Å²) >= 11 is 0. The summed E-state index contributed by atoms with van der Waals surface area (Å²) in [6.07, 6.45) is -0.430. The first-order valence-corrected chi connectivity index (χ1v) is 4.52. The van der Waals surface area contributed by atoms with Gasteiger partial charge in [0, 0.05) is 20.1 Å². The van der Waals surface area contributed by atoms with Gasteiger partial charge in [-0.25, -0.2) is 4.79 Å². The van der Waals surface area contributed by atoms with Gasteiger partial charge >= 0.3 is 5.69 Å². The average Bonchev–Trinajstić information content (AvgIpc) is 2.12. The summed E-state index contributed by atoms with van der Waals surface area (Å²) in [5.41, 5.74) is 4.86. The fourth-order valence-electron chi connectivity index (χ4n) is 1.57. The van der Waals surface area contributed by atoms with Gasteiger partial charge in [-0.2, -0.15) is 0 Å². The lowest BCUT2D eigenvalue weighted by Crippen LogP contribution is -2.53. The highest BCUT2D eigenvalue weighted by molar-refractivity contribution is 5.63. The molecular weight excluding hydrogens is 200 g/mol. The third-order valence-electron chi connectivity index (χ3n) is 2.52. The number of nitrogen functional groups attached to an aromatic ring is 1. The Morgan fingerprint density at radius 3 is 2.60 bits per heavy atom. The molecule has 0 atom stereocenters. The minimum Gasteiger partial charge on any atom is -0.389 e. The standard InChI is InChI=1S/C8H12N4O3/c1-11-6(9)5(7(14)10-8(11)15)12-2-4(13)3-12/h4,13H,2-3,9H2,1H3,(H,10,14,15). The number of aromatic nitrogens is 2. The summed E-state index contributed by atoms with van der Waals surface area (Å²) < 4.78 is 1.17. The molecule has 0 aliphatic carbocycles. The normalized spacial score (nSPS) is 16.5. The van der Waals surface area contributed by atoms with Crippen molar-refractivity contribution < 1.29 is 5.11 Å². The van der Waals surface area contributed by atoms with Crippen molar-refractivity contribution in [3.8, 4) is 0 Å². The lowest BCUT2D eigenvalue weighted by atomic mass is 10.1. The Morgan fingerprint density at radius 2 is 2.07 bits per heavy atom. The first-order chi connectivity index (χ1) is 7.00. The molecule has 0 spiro atoms. The molecule has 1 aliphatic rings. The van der Waals surface area contributed by atoms with Crippen LogP contribution < -0.4 is 21.9 Å². The van der Waals surface area contributed by atoms with Crippen LogP contribution in [0.3, 0.4) is 0 Å². The molecule has 82 valence electrons. The summed E-state index contributed by atoms with van der Waals surface area (Å²) in [5, 5.41) is 9.12. The first kappa shape index (κ1) is 9.78. The van der Waals surface area contributed by atoms with E-state index in [4.69, 9.17) is 10.8 Å². The third kappa shape index (κ3) is 1.40. The largest absolute Gasteiger partial charge is 0.389 e. The smallest absolute Gasteiger partial charge is 0.329 e. The molecule has 1 aromatic heterocycles. The fraction of sp³-hybridized carbons (Fsp3) is 0.500. The van der Waals surface area contributed by atoms with Gasteiger partial charge in [-0.3, -0.25) is 14.3 Å². The maximum atomic E-state index is 11.5. The Kier molecular flexibility index (Phi) is 2.04. The van der Waals surface area contributed by atoms with Crippen molar-refractivity contribution >= 4 is 11.5 Å². The maximum absolute atomic E-state index is 11.5. The highest BCUT2D eigenvalue weighted by Crippen LogP contribution is 2.21. The van der Waals surface area contributed by atoms with Gasteiger partial charge in [0.2, 0.25) is 0 Å². The minimum atomic E-state index is -0.540. The fourth-order valence-corrected chi connectivity index (χ4v) is 1.57. The molecule has 0 aromatic carbocycles. The van der Waals surface area contributed by atoms with Gasteiger partial charge in [0.1, 0.15) is 11.5 Å². The topological polar surface area (TPSA) is 104 Å². The number of nitrogens with one attached hydrogen (secondary N) is 1. The zero-order valence-electron chi connectivity index (χ0n) is 8.23. The van der Waals surface area contributed by atoms with Crippen molar-refractivity contribution in [2.24, 2.45) is 7.05 Å². The van der Waals surface area contributed by atoms with Crippen molar-refractivity contribution in [3.63, 3.8) is 0 Å². The van der Waals surface area contributed by atoms with Crippen molar-refractivity contribution in [1.82, 2.24) is 9.55 Å². The quantitative estimate of drug-likeness (QED) is 0.491. The van der Waals surface area contributed by atoms with Gasteiger partial charge in [-0.05, 0) is 0 Å². The lowest BCUT2D eigenvalue weighted by Gasteiger charge is -2.37. The van der Waals surface area contributed by atoms with Crippen LogP contribution in [0.25, 0.3) is 0 Å². The molecular formula is C8H12N4O3. The van der Waals surface area contributed by atoms with Gasteiger partial charge in [0.05, 0.1) is 6.10 Å². The molecule has 0 unspecified atom stereocenters. The molecule has 2 heterocycles. The Balaban J connectivity index is 2.52. The molecule has 1 saturated heterocycles. The Labute approximate surface area is 84.8 Å². The lowest BCUT2D eigenvalue weighted by molar-refractivity contribution is 0.141. The predicted octanol–water partition coefficient (Wildman–Crippen LogP) is -2.16. The summed E-state index contributed by atoms with van der Waals surface area (Å²) in [6, 6.07) is 0. The van der Waals surface area contributed by atoms with Gasteiger partial charge in [-0.1, -0.05) is 0 Å². The van der Waals surface area contributed by atoms with Crippen LogP contribution in [0.5, 0.6) is 0 Å². The van der Waals surface area contributed by atoms with Crippen LogP contribution in [0.4, 0.5) is 11.5 Å². The summed E-state index contributed by atoms with van der Waals surface area (Å²) in [5.74, 6) is 0.121. The summed E-state index contributed by atoms with van der Waals surface area (Å²) in [7, 11) is 1.48. The van der Waals surface area contributed by atoms with E-state index in [1.165, 1.54) is 11.6 Å². The van der Waals surface area contributed by atoms with Crippen LogP contribution in [0.1, 0.15) is 0 Å². The molecule has 1 aromatic rings. The van der Waals surface area contributed by atoms with E-state index in [0.717, 1.165) is 0 Å². The summed E-state index contributed by atoms with van der Waals surface area (Å²) in [4.78, 5) is 26.4. The van der Waals surface area contributed by atoms with Crippen LogP contribution in [0.15, 0.2) is 9.59 Å². The van der Waals surface area contributed by atoms with Gasteiger partial charge in [-0.15, -0.1) is 0 Å². The molecule has 0 radical (unpaired) electrons. The maximum Gasteiger partial charge on any atom is 0.329 e. The van der Waals surface area contributed by atoms with Crippen LogP contribution in [-0.2, 0) is 7.05 Å². The monoisotopic (exact) mass is 212 g/mol. The highest BCUT2D eigenvalue weighted by Gasteiger charge is 2.29. The number of anilines is 2. The second-order valence-corrected chi connectivity index (χ2v) is 3.61. The third-order valence-corrected chi connectivity index (χ3v) is 2.52. The van der Waals surface area contributed by atoms with Crippen LogP contribution >= 0.6 is 0 Å². The second-order valence-electron chi connectivity index (χ2n) is 3.61. The van der Waals surface area contributed by atoms with E-state index >= 15 is 0 Å². The zero-order chi connectivity index (χ0) is 11.2. The molecule has 15 heavy (non-hydrogen) atoms. The molecule has 0 bridgehead atoms. The van der Waals surface area contributed by atoms with E-state index < -0.39 is 17.4 Å². The number of aliphatic hydroxyl groups excluding tert-OH is 1. The number of rotatable bonds is 1. The number of H-pyrrole nitrogens is 1. The van der Waals surface area contributed by atoms with Gasteiger partial charge in [0.25, 0.3) is 5.56 Å². The Hall–Kier alpha value is -1.76. The van der Waals surface area contributed by atoms with Gasteiger partial charge < -0.3 is 15.7 Å². The van der Waals surface area contributed by atoms with Crippen molar-refractivity contribution in [2.45, 2.75) is 6.10 Å². The molecule has 7 heteroatoms. The highest BCUT2D eigenvalue weighted by atomic mass is 16.3. The van der Waals surface area contributed by atoms with Crippen molar-refractivity contribution in [1.29, 1.82) is 0 Å². The molecule has 0 amide bonds. The Morgan fingerprint density at radius 1 is 1.47 bits per heavy atom. The number of aliphatic hydroxyl groups is 1. The summed E-state index contributed by atoms with van der Waals surface area (Å²) in [6.45, 7) is 0.733. The molecule has 0 saturated carbocycles. The zero-order valence-corrected chi connectivity index (χ0v) is 8.23. The van der Waals surface area contributed by atoms with E-state index in [9.17, 15) is 9.59 Å². The van der Waals surface area contributed by atoms with Crippen molar-refractivity contribution in [2.75, 3.05) is 23.7 Å². The second kappa shape index (κ2) is 3.13. The molecule has 1 fully saturated rings. The predicted molar refractivity (Wildman–Crippen MR) is 54.9 cm³/mol. The SMILES string of the molecule is Cn1c(N)c(N2CC(O)C2)c(=O)[nH]c1=O. The van der Waals surface area contributed by atoms with Gasteiger partial charge in [0.15, 0.2) is 0 Å². The minimum absolute atomic E-state index is 0.121. The van der Waals surface area contributed by atoms with Crippen LogP contribution in [-0.4, -0.2) is 33.9 Å². The first-order valence-electron chi connectivity index (χ1n) is 4.52. The van der Waals surface area contributed by atoms with E-state index in [0.29, 0.717) is 13.1 Å². The molecule has 4 N–H and O–H groups in total. The van der Waals surface area contributed by atoms with E-state index in [1.54, 1.807) is 4.90 Å². The number of hydrogen-bond acceptors (Lipinski definition) is 5. The van der Waals surface area contributed by atoms with Crippen LogP contribution in [0.2, 0.25) is 0 Å². The number of β-amino-alcohol motifs (C(OH)–C–C–N with tert-alkyl or cyclic N) is 1. The number of aromatic amines is 1. The molecule has 2 rings (SSSR count). The number of hydrogen-bond donors (Lipinski definition) is 3. The number of nitrogens with zero attached hydrogens (tertiary/aromatic N) is 2. The van der Waals surface area contributed by atoms with E-state index in [1.807, 2.05) is 0 Å². The Bertz CT molecular complexity index is 498. The average molecular weight is 212 g/mol. The van der Waals surface area contributed by atoms with E-state index in [2.05, 4.69) is 4.98 Å². The molecule has 7 nitrogen and oxygen atoms in total. The van der Waals surface area contributed by atoms with Crippen molar-refractivity contribution in [3.05, 3.63) is 20.8 Å². The van der Waals surface area contributed by atoms with Crippen LogP contribution in [0, 0.1) is 0 Å².